The third-order valence-electron chi connectivity index (χ3n) is 0.940. The molecular weight excluding hydrogens is 102 g/mol. The first-order valence-electron chi connectivity index (χ1n) is 2.81. The minimum absolute atomic E-state index is 1.07. The van der Waals surface area contributed by atoms with E-state index >= 15 is 0 Å². The van der Waals surface area contributed by atoms with Gasteiger partial charge in [-0.1, -0.05) is 6.92 Å². The maximum atomic E-state index is 4.22. The van der Waals surface area contributed by atoms with Crippen LogP contribution in [0.5, 0.6) is 0 Å². The predicted octanol–water partition coefficient (Wildman–Crippen LogP) is 0.180. The van der Waals surface area contributed by atoms with E-state index in [0.717, 1.165) is 12.6 Å². The van der Waals surface area contributed by atoms with Gasteiger partial charge in [0.05, 0.1) is 0 Å². The number of hydrogen-bond donors (Lipinski definition) is 0. The third-order valence-corrected chi connectivity index (χ3v) is 1.26. The Bertz CT molecular complexity index is 68.5. The highest BCUT2D eigenvalue weighted by atomic mass is 28.1. The highest BCUT2D eigenvalue weighted by Gasteiger charge is 1.78. The Hall–Kier alpha value is -0.113. The molecule has 42 valence electrons. The van der Waals surface area contributed by atoms with Crippen molar-refractivity contribution >= 4 is 16.0 Å². The van der Waals surface area contributed by atoms with Gasteiger partial charge in [0.25, 0.3) is 0 Å². The summed E-state index contributed by atoms with van der Waals surface area (Å²) in [4.78, 5) is 4.22. The second-order valence-electron chi connectivity index (χ2n) is 1.56. The largest absolute Gasteiger partial charge is 0.299 e. The topological polar surface area (TPSA) is 12.4 Å². The summed E-state index contributed by atoms with van der Waals surface area (Å²) >= 11 is 0. The Morgan fingerprint density at radius 1 is 1.71 bits per heavy atom. The Labute approximate surface area is 48.3 Å². The molecule has 0 unspecified atom stereocenters. The molecule has 0 radical (unpaired) electrons. The normalized spacial score (nSPS) is 12.6. The third kappa shape index (κ3) is 3.72. The van der Waals surface area contributed by atoms with Crippen LogP contribution in [0.15, 0.2) is 4.99 Å². The molecule has 7 heavy (non-hydrogen) atoms. The van der Waals surface area contributed by atoms with Crippen molar-refractivity contribution in [3.63, 3.8) is 0 Å². The van der Waals surface area contributed by atoms with Gasteiger partial charge in [0.2, 0.25) is 0 Å². The molecule has 0 aliphatic carbocycles. The molecule has 0 aliphatic heterocycles. The van der Waals surface area contributed by atoms with E-state index in [4.69, 9.17) is 0 Å². The van der Waals surface area contributed by atoms with E-state index < -0.39 is 0 Å². The first-order chi connectivity index (χ1) is 3.31. The predicted molar refractivity (Wildman–Crippen MR) is 38.2 cm³/mol. The summed E-state index contributed by atoms with van der Waals surface area (Å²) in [5, 5.41) is 0. The zero-order valence-corrected chi connectivity index (χ0v) is 7.36. The van der Waals surface area contributed by atoms with E-state index in [1.54, 1.807) is 0 Å². The molecule has 0 aromatic carbocycles. The minimum atomic E-state index is 1.07. The first kappa shape index (κ1) is 6.89. The fraction of sp³-hybridized carbons (Fsp3) is 0.800. The van der Waals surface area contributed by atoms with Gasteiger partial charge in [0, 0.05) is 22.1 Å². The molecule has 2 heteroatoms. The highest BCUT2D eigenvalue weighted by molar-refractivity contribution is 6.09. The quantitative estimate of drug-likeness (QED) is 0.359. The maximum absolute atomic E-state index is 4.22. The standard InChI is InChI=1S/C5H13NSi/c1-3-5(2)6-4-7/h3-4H2,1-2,7H3. The molecular formula is C5H13NSi. The zero-order chi connectivity index (χ0) is 5.70. The van der Waals surface area contributed by atoms with Crippen LogP contribution >= 0.6 is 0 Å². The second-order valence-corrected chi connectivity index (χ2v) is 2.20. The minimum Gasteiger partial charge on any atom is -0.299 e. The monoisotopic (exact) mass is 115 g/mol. The van der Waals surface area contributed by atoms with Gasteiger partial charge in [-0.2, -0.15) is 0 Å². The SMILES string of the molecule is CCC(C)=NC[SiH3]. The van der Waals surface area contributed by atoms with E-state index in [-0.39, 0.29) is 0 Å². The lowest BCUT2D eigenvalue weighted by Crippen LogP contribution is -1.88. The molecule has 0 saturated heterocycles. The summed E-state index contributed by atoms with van der Waals surface area (Å²) in [7, 11) is 1.20. The van der Waals surface area contributed by atoms with Gasteiger partial charge >= 0.3 is 0 Å². The average molecular weight is 115 g/mol. The van der Waals surface area contributed by atoms with Gasteiger partial charge in [0.1, 0.15) is 0 Å². The van der Waals surface area contributed by atoms with E-state index in [1.807, 2.05) is 0 Å². The number of aliphatic imine (C=N–C) groups is 1. The smallest absolute Gasteiger partial charge is 0.0298 e. The van der Waals surface area contributed by atoms with Crippen molar-refractivity contribution in [2.75, 3.05) is 6.17 Å². The number of hydrogen-bond acceptors (Lipinski definition) is 1. The molecule has 0 heterocycles. The Balaban J connectivity index is 3.29. The molecule has 0 N–H and O–H groups in total. The molecule has 0 bridgehead atoms. The zero-order valence-electron chi connectivity index (χ0n) is 5.36. The van der Waals surface area contributed by atoms with Gasteiger partial charge in [0.15, 0.2) is 0 Å². The van der Waals surface area contributed by atoms with E-state index in [0.29, 0.717) is 0 Å². The lowest BCUT2D eigenvalue weighted by atomic mass is 10.3. The molecule has 0 spiro atoms. The van der Waals surface area contributed by atoms with Crippen molar-refractivity contribution in [2.45, 2.75) is 20.3 Å². The summed E-state index contributed by atoms with van der Waals surface area (Å²) in [6.45, 7) is 4.22. The van der Waals surface area contributed by atoms with Gasteiger partial charge < -0.3 is 0 Å². The summed E-state index contributed by atoms with van der Waals surface area (Å²) in [6, 6.07) is 0. The Morgan fingerprint density at radius 3 is 2.43 bits per heavy atom. The molecule has 0 atom stereocenters. The van der Waals surface area contributed by atoms with Crippen LogP contribution in [0.1, 0.15) is 20.3 Å². The summed E-state index contributed by atoms with van der Waals surface area (Å²) < 4.78 is 0. The summed E-state index contributed by atoms with van der Waals surface area (Å²) in [5.74, 6) is 0. The van der Waals surface area contributed by atoms with E-state index in [9.17, 15) is 0 Å². The summed E-state index contributed by atoms with van der Waals surface area (Å²) in [6.07, 6.45) is 2.18. The molecule has 0 saturated carbocycles. The Morgan fingerprint density at radius 2 is 2.29 bits per heavy atom. The average Bonchev–Trinajstić information content (AvgIpc) is 1.68. The van der Waals surface area contributed by atoms with Gasteiger partial charge in [-0.05, 0) is 13.3 Å². The van der Waals surface area contributed by atoms with Crippen molar-refractivity contribution < 1.29 is 0 Å². The summed E-state index contributed by atoms with van der Waals surface area (Å²) in [5.41, 5.74) is 1.29. The van der Waals surface area contributed by atoms with Crippen LogP contribution in [0.25, 0.3) is 0 Å². The van der Waals surface area contributed by atoms with Crippen LogP contribution in [0.3, 0.4) is 0 Å². The lowest BCUT2D eigenvalue weighted by Gasteiger charge is -1.88. The van der Waals surface area contributed by atoms with E-state index in [2.05, 4.69) is 18.8 Å². The first-order valence-corrected chi connectivity index (χ1v) is 4.22. The van der Waals surface area contributed by atoms with Crippen LogP contribution < -0.4 is 0 Å². The number of nitrogens with zero attached hydrogens (tertiary/aromatic N) is 1. The van der Waals surface area contributed by atoms with Crippen LogP contribution in [0, 0.1) is 0 Å². The van der Waals surface area contributed by atoms with Crippen molar-refractivity contribution in [3.05, 3.63) is 0 Å². The molecule has 0 aromatic rings. The van der Waals surface area contributed by atoms with Crippen molar-refractivity contribution in [1.82, 2.24) is 0 Å². The fourth-order valence-corrected chi connectivity index (χ4v) is 0.922. The van der Waals surface area contributed by atoms with E-state index in [1.165, 1.54) is 16.0 Å². The highest BCUT2D eigenvalue weighted by Crippen LogP contribution is 1.80. The number of rotatable bonds is 2. The molecule has 0 rings (SSSR count). The maximum Gasteiger partial charge on any atom is 0.0298 e. The molecule has 0 aliphatic rings. The van der Waals surface area contributed by atoms with Crippen LogP contribution in [0.4, 0.5) is 0 Å². The van der Waals surface area contributed by atoms with Crippen molar-refractivity contribution in [3.8, 4) is 0 Å². The Kier molecular flexibility index (Phi) is 3.99. The lowest BCUT2D eigenvalue weighted by molar-refractivity contribution is 1.21. The van der Waals surface area contributed by atoms with Gasteiger partial charge in [-0.25, -0.2) is 0 Å². The molecule has 1 nitrogen and oxygen atoms in total. The van der Waals surface area contributed by atoms with Crippen molar-refractivity contribution in [2.24, 2.45) is 4.99 Å². The molecule has 0 fully saturated rings. The molecule has 0 amide bonds. The molecule has 0 aromatic heterocycles. The van der Waals surface area contributed by atoms with Gasteiger partial charge in [-0.15, -0.1) is 0 Å². The van der Waals surface area contributed by atoms with Gasteiger partial charge in [-0.3, -0.25) is 4.99 Å². The van der Waals surface area contributed by atoms with Crippen LogP contribution in [-0.2, 0) is 0 Å². The van der Waals surface area contributed by atoms with Crippen molar-refractivity contribution in [1.29, 1.82) is 0 Å². The fourth-order valence-electron chi connectivity index (χ4n) is 0.382. The second kappa shape index (κ2) is 4.06. The van der Waals surface area contributed by atoms with Crippen LogP contribution in [-0.4, -0.2) is 22.1 Å². The van der Waals surface area contributed by atoms with Crippen LogP contribution in [0.2, 0.25) is 0 Å².